The highest BCUT2D eigenvalue weighted by Crippen LogP contribution is 1.81. The number of terminal acetylenes is 1. The van der Waals surface area contributed by atoms with E-state index in [1.807, 2.05) is 13.8 Å². The molecule has 0 rings (SSSR count). The summed E-state index contributed by atoms with van der Waals surface area (Å²) in [6.45, 7) is 7.31. The maximum atomic E-state index is 10.8. The molecule has 0 unspecified atom stereocenters. The standard InChI is InChI=1S/C11H18BrNO4.C2H6/c1-2-4-15-6-8-17-9-7-16-5-3-13-11(14)10-12;1-2/h1H,3-10H2,(H,13,14);1-2H3. The van der Waals surface area contributed by atoms with Crippen LogP contribution in [0.3, 0.4) is 0 Å². The van der Waals surface area contributed by atoms with Crippen molar-refractivity contribution in [1.82, 2.24) is 5.32 Å². The fourth-order valence-corrected chi connectivity index (χ4v) is 1.08. The zero-order chi connectivity index (χ0) is 14.8. The summed E-state index contributed by atoms with van der Waals surface area (Å²) in [5.41, 5.74) is 0. The average molecular weight is 338 g/mol. The number of rotatable bonds is 11. The minimum atomic E-state index is -0.0458. The Morgan fingerprint density at radius 2 is 1.63 bits per heavy atom. The van der Waals surface area contributed by atoms with Crippen molar-refractivity contribution in [3.63, 3.8) is 0 Å². The van der Waals surface area contributed by atoms with Gasteiger partial charge in [-0.1, -0.05) is 35.7 Å². The Labute approximate surface area is 124 Å². The van der Waals surface area contributed by atoms with Crippen LogP contribution in [0.1, 0.15) is 13.8 Å². The highest BCUT2D eigenvalue weighted by Gasteiger charge is 1.95. The molecule has 0 saturated heterocycles. The van der Waals surface area contributed by atoms with E-state index >= 15 is 0 Å². The molecular formula is C13H24BrNO4. The number of amides is 1. The monoisotopic (exact) mass is 337 g/mol. The first-order valence-corrected chi connectivity index (χ1v) is 7.42. The summed E-state index contributed by atoms with van der Waals surface area (Å²) in [7, 11) is 0. The third-order valence-corrected chi connectivity index (χ3v) is 2.13. The minimum absolute atomic E-state index is 0.0458. The molecule has 0 aliphatic heterocycles. The second kappa shape index (κ2) is 19.7. The third kappa shape index (κ3) is 19.9. The lowest BCUT2D eigenvalue weighted by atomic mass is 10.6. The van der Waals surface area contributed by atoms with Crippen LogP contribution in [0.25, 0.3) is 0 Å². The number of hydrogen-bond donors (Lipinski definition) is 1. The van der Waals surface area contributed by atoms with Crippen molar-refractivity contribution >= 4 is 21.8 Å². The van der Waals surface area contributed by atoms with Crippen molar-refractivity contribution < 1.29 is 19.0 Å². The third-order valence-electron chi connectivity index (χ3n) is 1.62. The van der Waals surface area contributed by atoms with Gasteiger partial charge in [-0.3, -0.25) is 4.79 Å². The van der Waals surface area contributed by atoms with E-state index in [9.17, 15) is 4.79 Å². The Morgan fingerprint density at radius 1 is 1.11 bits per heavy atom. The zero-order valence-electron chi connectivity index (χ0n) is 11.7. The summed E-state index contributed by atoms with van der Waals surface area (Å²) < 4.78 is 15.5. The largest absolute Gasteiger partial charge is 0.377 e. The molecule has 1 amide bonds. The molecule has 0 heterocycles. The van der Waals surface area contributed by atoms with Crippen molar-refractivity contribution in [1.29, 1.82) is 0 Å². The minimum Gasteiger partial charge on any atom is -0.377 e. The fourth-order valence-electron chi connectivity index (χ4n) is 0.881. The van der Waals surface area contributed by atoms with Crippen LogP contribution in [-0.4, -0.2) is 57.4 Å². The molecule has 0 aromatic carbocycles. The molecule has 6 heteroatoms. The number of halogens is 1. The van der Waals surface area contributed by atoms with Crippen LogP contribution in [0.5, 0.6) is 0 Å². The highest BCUT2D eigenvalue weighted by molar-refractivity contribution is 9.09. The van der Waals surface area contributed by atoms with Gasteiger partial charge >= 0.3 is 0 Å². The molecule has 0 aliphatic carbocycles. The molecule has 0 atom stereocenters. The average Bonchev–Trinajstić information content (AvgIpc) is 2.46. The second-order valence-electron chi connectivity index (χ2n) is 2.97. The predicted octanol–water partition coefficient (Wildman–Crippen LogP) is 1.21. The Morgan fingerprint density at radius 3 is 2.16 bits per heavy atom. The van der Waals surface area contributed by atoms with E-state index in [2.05, 4.69) is 27.2 Å². The summed E-state index contributed by atoms with van der Waals surface area (Å²) in [5.74, 6) is 2.32. The number of carbonyl (C=O) groups is 1. The Bertz CT molecular complexity index is 231. The van der Waals surface area contributed by atoms with Crippen molar-refractivity contribution in [3.05, 3.63) is 0 Å². The first-order valence-electron chi connectivity index (χ1n) is 6.30. The van der Waals surface area contributed by atoms with Gasteiger partial charge in [0.15, 0.2) is 0 Å². The van der Waals surface area contributed by atoms with Gasteiger partial charge in [0, 0.05) is 6.54 Å². The Hall–Kier alpha value is -0.610. The van der Waals surface area contributed by atoms with Crippen molar-refractivity contribution in [2.24, 2.45) is 0 Å². The lowest BCUT2D eigenvalue weighted by Crippen LogP contribution is -2.28. The maximum Gasteiger partial charge on any atom is 0.230 e. The van der Waals surface area contributed by atoms with Crippen LogP contribution in [0.2, 0.25) is 0 Å². The molecular weight excluding hydrogens is 314 g/mol. The number of alkyl halides is 1. The first-order chi connectivity index (χ1) is 9.31. The van der Waals surface area contributed by atoms with Crippen LogP contribution >= 0.6 is 15.9 Å². The van der Waals surface area contributed by atoms with E-state index in [1.54, 1.807) is 0 Å². The lowest BCUT2D eigenvalue weighted by Gasteiger charge is -2.06. The van der Waals surface area contributed by atoms with E-state index < -0.39 is 0 Å². The van der Waals surface area contributed by atoms with E-state index in [1.165, 1.54) is 0 Å². The summed E-state index contributed by atoms with van der Waals surface area (Å²) in [4.78, 5) is 10.8. The number of carbonyl (C=O) groups excluding carboxylic acids is 1. The van der Waals surface area contributed by atoms with Gasteiger partial charge in [-0.05, 0) is 0 Å². The topological polar surface area (TPSA) is 56.8 Å². The Kier molecular flexibility index (Phi) is 21.5. The first kappa shape index (κ1) is 20.7. The van der Waals surface area contributed by atoms with Gasteiger partial charge < -0.3 is 19.5 Å². The predicted molar refractivity (Wildman–Crippen MR) is 79.4 cm³/mol. The molecule has 112 valence electrons. The molecule has 0 fully saturated rings. The van der Waals surface area contributed by atoms with Crippen LogP contribution in [0.4, 0.5) is 0 Å². The second-order valence-corrected chi connectivity index (χ2v) is 3.53. The fraction of sp³-hybridized carbons (Fsp3) is 0.769. The summed E-state index contributed by atoms with van der Waals surface area (Å²) in [5, 5.41) is 2.98. The number of nitrogens with one attached hydrogen (secondary N) is 1. The highest BCUT2D eigenvalue weighted by atomic mass is 79.9. The van der Waals surface area contributed by atoms with Gasteiger partial charge in [-0.15, -0.1) is 6.42 Å². The molecule has 0 spiro atoms. The van der Waals surface area contributed by atoms with Crippen LogP contribution in [-0.2, 0) is 19.0 Å². The smallest absolute Gasteiger partial charge is 0.230 e. The molecule has 0 aromatic rings. The quantitative estimate of drug-likeness (QED) is 0.350. The van der Waals surface area contributed by atoms with Crippen LogP contribution in [0, 0.1) is 12.3 Å². The van der Waals surface area contributed by atoms with Crippen LogP contribution in [0.15, 0.2) is 0 Å². The van der Waals surface area contributed by atoms with Gasteiger partial charge in [0.25, 0.3) is 0 Å². The van der Waals surface area contributed by atoms with Crippen molar-refractivity contribution in [2.45, 2.75) is 13.8 Å². The number of hydrogen-bond acceptors (Lipinski definition) is 4. The molecule has 19 heavy (non-hydrogen) atoms. The lowest BCUT2D eigenvalue weighted by molar-refractivity contribution is -0.118. The molecule has 1 N–H and O–H groups in total. The van der Waals surface area contributed by atoms with Gasteiger partial charge in [0.05, 0.1) is 38.4 Å². The SMILES string of the molecule is C#CCOCCOCCOCCNC(=O)CBr.CC. The maximum absolute atomic E-state index is 10.8. The van der Waals surface area contributed by atoms with E-state index in [0.717, 1.165) is 0 Å². The van der Waals surface area contributed by atoms with E-state index in [0.29, 0.717) is 51.5 Å². The summed E-state index contributed by atoms with van der Waals surface area (Å²) in [6, 6.07) is 0. The van der Waals surface area contributed by atoms with E-state index in [-0.39, 0.29) is 5.91 Å². The molecule has 0 bridgehead atoms. The van der Waals surface area contributed by atoms with Gasteiger partial charge in [-0.25, -0.2) is 0 Å². The Balaban J connectivity index is 0. The van der Waals surface area contributed by atoms with E-state index in [4.69, 9.17) is 20.6 Å². The van der Waals surface area contributed by atoms with Gasteiger partial charge in [-0.2, -0.15) is 0 Å². The molecule has 5 nitrogen and oxygen atoms in total. The van der Waals surface area contributed by atoms with Crippen molar-refractivity contribution in [3.8, 4) is 12.3 Å². The molecule has 0 saturated carbocycles. The summed E-state index contributed by atoms with van der Waals surface area (Å²) >= 11 is 3.05. The normalized spacial score (nSPS) is 9.16. The zero-order valence-corrected chi connectivity index (χ0v) is 13.3. The molecule has 0 aromatic heterocycles. The summed E-state index contributed by atoms with van der Waals surface area (Å²) in [6.07, 6.45) is 5.00. The van der Waals surface area contributed by atoms with Crippen molar-refractivity contribution in [2.75, 3.05) is 51.5 Å². The molecule has 0 aliphatic rings. The van der Waals surface area contributed by atoms with Gasteiger partial charge in [0.2, 0.25) is 5.91 Å². The van der Waals surface area contributed by atoms with Gasteiger partial charge in [0.1, 0.15) is 6.61 Å². The molecule has 0 radical (unpaired) electrons. The van der Waals surface area contributed by atoms with Crippen LogP contribution < -0.4 is 5.32 Å². The number of ether oxygens (including phenoxy) is 3.